The lowest BCUT2D eigenvalue weighted by molar-refractivity contribution is -0.174. The topological polar surface area (TPSA) is 67.2 Å². The summed E-state index contributed by atoms with van der Waals surface area (Å²) in [5, 5.41) is 6.21. The standard InChI is InChI=1S/C13H15F3N4O2/c14-13(15,16)10(20-5-1-4-17-20)7-19-11(21)6-9(8-2-3-8)18-12(19)22/h1,4-5,8-10H,2-3,6-7H2,(H,18,22). The van der Waals surface area contributed by atoms with E-state index in [1.807, 2.05) is 0 Å². The summed E-state index contributed by atoms with van der Waals surface area (Å²) in [5.74, 6) is -0.290. The number of rotatable bonds is 4. The quantitative estimate of drug-likeness (QED) is 0.919. The van der Waals surface area contributed by atoms with Gasteiger partial charge in [0.15, 0.2) is 6.04 Å². The van der Waals surface area contributed by atoms with Crippen molar-refractivity contribution in [2.24, 2.45) is 5.92 Å². The lowest BCUT2D eigenvalue weighted by Gasteiger charge is -2.34. The maximum absolute atomic E-state index is 13.2. The van der Waals surface area contributed by atoms with E-state index in [-0.39, 0.29) is 18.4 Å². The fourth-order valence-corrected chi connectivity index (χ4v) is 2.64. The third-order valence-corrected chi connectivity index (χ3v) is 4.02. The third kappa shape index (κ3) is 2.93. The molecule has 2 fully saturated rings. The molecule has 1 saturated carbocycles. The number of amides is 3. The van der Waals surface area contributed by atoms with Crippen molar-refractivity contribution in [3.8, 4) is 0 Å². The van der Waals surface area contributed by atoms with Gasteiger partial charge in [0.25, 0.3) is 0 Å². The molecule has 0 aromatic carbocycles. The van der Waals surface area contributed by atoms with Crippen molar-refractivity contribution in [2.75, 3.05) is 6.54 Å². The van der Waals surface area contributed by atoms with Crippen LogP contribution in [-0.2, 0) is 4.79 Å². The smallest absolute Gasteiger partial charge is 0.334 e. The van der Waals surface area contributed by atoms with E-state index in [1.165, 1.54) is 12.3 Å². The third-order valence-electron chi connectivity index (χ3n) is 4.02. The highest BCUT2D eigenvalue weighted by molar-refractivity contribution is 5.97. The Bertz CT molecular complexity index is 550. The molecular formula is C13H15F3N4O2. The largest absolute Gasteiger partial charge is 0.412 e. The number of carbonyl (C=O) groups excluding carboxylic acids is 2. The van der Waals surface area contributed by atoms with Gasteiger partial charge in [-0.2, -0.15) is 18.3 Å². The fraction of sp³-hybridized carbons (Fsp3) is 0.615. The van der Waals surface area contributed by atoms with Gasteiger partial charge in [-0.3, -0.25) is 14.4 Å². The van der Waals surface area contributed by atoms with E-state index < -0.39 is 30.7 Å². The average Bonchev–Trinajstić information content (AvgIpc) is 3.13. The first-order valence-corrected chi connectivity index (χ1v) is 7.03. The number of hydrogen-bond donors (Lipinski definition) is 1. The Morgan fingerprint density at radius 2 is 2.09 bits per heavy atom. The number of nitrogens with zero attached hydrogens (tertiary/aromatic N) is 3. The zero-order valence-corrected chi connectivity index (χ0v) is 11.6. The van der Waals surface area contributed by atoms with Crippen molar-refractivity contribution in [3.63, 3.8) is 0 Å². The molecule has 3 rings (SSSR count). The molecule has 0 radical (unpaired) electrons. The van der Waals surface area contributed by atoms with Crippen LogP contribution in [-0.4, -0.2) is 45.4 Å². The Labute approximate surface area is 124 Å². The molecule has 2 heterocycles. The van der Waals surface area contributed by atoms with Gasteiger partial charge in [-0.25, -0.2) is 4.79 Å². The van der Waals surface area contributed by atoms with Gasteiger partial charge in [-0.1, -0.05) is 0 Å². The first-order valence-electron chi connectivity index (χ1n) is 7.03. The molecule has 1 aliphatic heterocycles. The van der Waals surface area contributed by atoms with E-state index in [0.29, 0.717) is 9.58 Å². The summed E-state index contributed by atoms with van der Waals surface area (Å²) >= 11 is 0. The highest BCUT2D eigenvalue weighted by Crippen LogP contribution is 2.36. The number of aromatic nitrogens is 2. The number of carbonyl (C=O) groups is 2. The molecule has 1 N–H and O–H groups in total. The number of imide groups is 1. The molecule has 1 aliphatic carbocycles. The Morgan fingerprint density at radius 3 is 2.59 bits per heavy atom. The zero-order valence-electron chi connectivity index (χ0n) is 11.6. The molecule has 1 aromatic heterocycles. The molecular weight excluding hydrogens is 301 g/mol. The second-order valence-electron chi connectivity index (χ2n) is 5.65. The highest BCUT2D eigenvalue weighted by Gasteiger charge is 2.47. The summed E-state index contributed by atoms with van der Waals surface area (Å²) in [6.45, 7) is -0.771. The van der Waals surface area contributed by atoms with Crippen LogP contribution in [0.25, 0.3) is 0 Å². The average molecular weight is 316 g/mol. The van der Waals surface area contributed by atoms with Crippen LogP contribution < -0.4 is 5.32 Å². The molecule has 2 unspecified atom stereocenters. The molecule has 1 saturated heterocycles. The van der Waals surface area contributed by atoms with Gasteiger partial charge in [0, 0.05) is 24.9 Å². The van der Waals surface area contributed by atoms with Gasteiger partial charge in [-0.15, -0.1) is 0 Å². The Morgan fingerprint density at radius 1 is 1.36 bits per heavy atom. The van der Waals surface area contributed by atoms with Gasteiger partial charge in [0.05, 0.1) is 6.54 Å². The van der Waals surface area contributed by atoms with Gasteiger partial charge < -0.3 is 5.32 Å². The molecule has 2 atom stereocenters. The van der Waals surface area contributed by atoms with E-state index >= 15 is 0 Å². The minimum absolute atomic E-state index is 0.0556. The maximum atomic E-state index is 13.2. The summed E-state index contributed by atoms with van der Waals surface area (Å²) in [4.78, 5) is 24.7. The van der Waals surface area contributed by atoms with E-state index in [9.17, 15) is 22.8 Å². The SMILES string of the molecule is O=C1CC(C2CC2)NC(=O)N1CC(n1cccn1)C(F)(F)F. The number of hydrogen-bond acceptors (Lipinski definition) is 3. The Hall–Kier alpha value is -2.06. The van der Waals surface area contributed by atoms with Crippen molar-refractivity contribution in [2.45, 2.75) is 37.5 Å². The van der Waals surface area contributed by atoms with Crippen LogP contribution in [0.2, 0.25) is 0 Å². The second-order valence-corrected chi connectivity index (χ2v) is 5.65. The number of alkyl halides is 3. The zero-order chi connectivity index (χ0) is 15.9. The van der Waals surface area contributed by atoms with Gasteiger partial charge in [0.1, 0.15) is 0 Å². The maximum Gasteiger partial charge on any atom is 0.412 e. The van der Waals surface area contributed by atoms with Gasteiger partial charge >= 0.3 is 12.2 Å². The summed E-state index contributed by atoms with van der Waals surface area (Å²) in [5.41, 5.74) is 0. The highest BCUT2D eigenvalue weighted by atomic mass is 19.4. The van der Waals surface area contributed by atoms with Crippen molar-refractivity contribution in [1.29, 1.82) is 0 Å². The van der Waals surface area contributed by atoms with Crippen molar-refractivity contribution in [3.05, 3.63) is 18.5 Å². The Kier molecular flexibility index (Phi) is 3.57. The number of urea groups is 1. The monoisotopic (exact) mass is 316 g/mol. The molecule has 9 heteroatoms. The minimum Gasteiger partial charge on any atom is -0.334 e. The van der Waals surface area contributed by atoms with Gasteiger partial charge in [0.2, 0.25) is 5.91 Å². The lowest BCUT2D eigenvalue weighted by Crippen LogP contribution is -2.57. The molecule has 22 heavy (non-hydrogen) atoms. The molecule has 1 aromatic rings. The van der Waals surface area contributed by atoms with Crippen molar-refractivity contribution < 1.29 is 22.8 Å². The summed E-state index contributed by atoms with van der Waals surface area (Å²) < 4.78 is 40.2. The van der Waals surface area contributed by atoms with E-state index in [0.717, 1.165) is 19.0 Å². The summed E-state index contributed by atoms with van der Waals surface area (Å²) in [6, 6.07) is -1.69. The fourth-order valence-electron chi connectivity index (χ4n) is 2.64. The van der Waals surface area contributed by atoms with E-state index in [4.69, 9.17) is 0 Å². The molecule has 0 bridgehead atoms. The van der Waals surface area contributed by atoms with Crippen molar-refractivity contribution >= 4 is 11.9 Å². The minimum atomic E-state index is -4.61. The van der Waals surface area contributed by atoms with Crippen LogP contribution in [0.15, 0.2) is 18.5 Å². The normalized spacial score (nSPS) is 24.3. The van der Waals surface area contributed by atoms with Crippen LogP contribution in [0.4, 0.5) is 18.0 Å². The van der Waals surface area contributed by atoms with E-state index in [2.05, 4.69) is 10.4 Å². The number of nitrogens with one attached hydrogen (secondary N) is 1. The van der Waals surface area contributed by atoms with Crippen LogP contribution in [0.1, 0.15) is 25.3 Å². The van der Waals surface area contributed by atoms with Crippen LogP contribution in [0, 0.1) is 5.92 Å². The first-order chi connectivity index (χ1) is 10.4. The lowest BCUT2D eigenvalue weighted by atomic mass is 10.1. The van der Waals surface area contributed by atoms with Crippen LogP contribution in [0.3, 0.4) is 0 Å². The molecule has 120 valence electrons. The van der Waals surface area contributed by atoms with E-state index in [1.54, 1.807) is 0 Å². The first kappa shape index (κ1) is 14.9. The molecule has 3 amide bonds. The van der Waals surface area contributed by atoms with Gasteiger partial charge in [-0.05, 0) is 24.8 Å². The van der Waals surface area contributed by atoms with Crippen LogP contribution in [0.5, 0.6) is 0 Å². The molecule has 6 nitrogen and oxygen atoms in total. The molecule has 0 spiro atoms. The molecule has 2 aliphatic rings. The van der Waals surface area contributed by atoms with Crippen LogP contribution >= 0.6 is 0 Å². The summed E-state index contributed by atoms with van der Waals surface area (Å²) in [6.07, 6.45) is -0.287. The predicted molar refractivity (Wildman–Crippen MR) is 68.7 cm³/mol. The van der Waals surface area contributed by atoms with Crippen molar-refractivity contribution in [1.82, 2.24) is 20.0 Å². The predicted octanol–water partition coefficient (Wildman–Crippen LogP) is 1.71. The number of halogens is 3. The Balaban J connectivity index is 1.75. The second kappa shape index (κ2) is 5.29. The summed E-state index contributed by atoms with van der Waals surface area (Å²) in [7, 11) is 0.